The van der Waals surface area contributed by atoms with Gasteiger partial charge in [-0.25, -0.2) is 9.97 Å². The van der Waals surface area contributed by atoms with Crippen molar-refractivity contribution in [2.75, 3.05) is 23.7 Å². The van der Waals surface area contributed by atoms with E-state index >= 15 is 0 Å². The number of hydrogen-bond acceptors (Lipinski definition) is 5. The molecule has 2 fully saturated rings. The summed E-state index contributed by atoms with van der Waals surface area (Å²) >= 11 is 12.4. The molecule has 1 aliphatic heterocycles. The van der Waals surface area contributed by atoms with Crippen molar-refractivity contribution >= 4 is 34.8 Å². The number of halogens is 2. The normalized spacial score (nSPS) is 28.4. The fourth-order valence-electron chi connectivity index (χ4n) is 4.31. The first-order chi connectivity index (χ1) is 11.8. The zero-order valence-electron chi connectivity index (χ0n) is 14.0. The largest absolute Gasteiger partial charge is 0.382 e. The van der Waals surface area contributed by atoms with E-state index < -0.39 is 0 Å². The van der Waals surface area contributed by atoms with Crippen molar-refractivity contribution < 1.29 is 0 Å². The predicted octanol–water partition coefficient (Wildman–Crippen LogP) is 3.60. The van der Waals surface area contributed by atoms with Crippen LogP contribution in [0, 0.1) is 11.8 Å². The van der Waals surface area contributed by atoms with Gasteiger partial charge in [-0.3, -0.25) is 0 Å². The van der Waals surface area contributed by atoms with Gasteiger partial charge >= 0.3 is 0 Å². The van der Waals surface area contributed by atoms with Crippen LogP contribution in [0.25, 0.3) is 11.3 Å². The maximum Gasteiger partial charge on any atom is 0.152 e. The van der Waals surface area contributed by atoms with Crippen molar-refractivity contribution in [3.63, 3.8) is 0 Å². The molecule has 1 aliphatic carbocycles. The number of anilines is 2. The van der Waals surface area contributed by atoms with Crippen LogP contribution < -0.4 is 16.4 Å². The molecule has 0 bridgehead atoms. The van der Waals surface area contributed by atoms with Crippen molar-refractivity contribution in [2.45, 2.75) is 25.3 Å². The molecule has 0 amide bonds. The summed E-state index contributed by atoms with van der Waals surface area (Å²) in [7, 11) is 0. The van der Waals surface area contributed by atoms with E-state index in [-0.39, 0.29) is 5.54 Å². The van der Waals surface area contributed by atoms with Gasteiger partial charge in [0, 0.05) is 24.2 Å². The Kier molecular flexibility index (Phi) is 4.06. The molecule has 4 rings (SSSR count). The van der Waals surface area contributed by atoms with Gasteiger partial charge in [0.2, 0.25) is 0 Å². The van der Waals surface area contributed by atoms with Crippen molar-refractivity contribution in [2.24, 2.45) is 17.6 Å². The van der Waals surface area contributed by atoms with E-state index in [0.29, 0.717) is 39.0 Å². The molecule has 1 saturated heterocycles. The minimum atomic E-state index is -0.0285. The number of hydrogen-bond donors (Lipinski definition) is 2. The molecule has 2 aliphatic rings. The summed E-state index contributed by atoms with van der Waals surface area (Å²) in [5.41, 5.74) is 13.7. The second-order valence-corrected chi connectivity index (χ2v) is 8.34. The molecule has 3 atom stereocenters. The fraction of sp³-hybridized carbons (Fsp3) is 0.444. The highest BCUT2D eigenvalue weighted by atomic mass is 35.5. The van der Waals surface area contributed by atoms with Gasteiger partial charge in [-0.05, 0) is 37.7 Å². The number of nitrogens with two attached hydrogens (primary N) is 2. The first-order valence-electron chi connectivity index (χ1n) is 8.45. The lowest BCUT2D eigenvalue weighted by atomic mass is 10.00. The monoisotopic (exact) mass is 377 g/mol. The van der Waals surface area contributed by atoms with Crippen molar-refractivity contribution in [3.05, 3.63) is 34.4 Å². The molecule has 0 spiro atoms. The topological polar surface area (TPSA) is 81.1 Å². The number of aromatic nitrogens is 2. The Bertz CT molecular complexity index is 807. The van der Waals surface area contributed by atoms with Gasteiger partial charge < -0.3 is 16.4 Å². The molecule has 2 heterocycles. The zero-order valence-corrected chi connectivity index (χ0v) is 15.6. The second-order valence-electron chi connectivity index (χ2n) is 7.55. The molecule has 1 aromatic heterocycles. The SMILES string of the molecule is CC1(N)C[C@H]2CN(c3cnc(-c4cccc(Cl)c4Cl)c(N)n3)C[C@H]2C1. The van der Waals surface area contributed by atoms with Crippen molar-refractivity contribution in [1.82, 2.24) is 9.97 Å². The van der Waals surface area contributed by atoms with E-state index in [2.05, 4.69) is 21.8 Å². The minimum absolute atomic E-state index is 0.0285. The van der Waals surface area contributed by atoms with E-state index in [1.807, 2.05) is 12.1 Å². The van der Waals surface area contributed by atoms with Crippen molar-refractivity contribution in [3.8, 4) is 11.3 Å². The molecule has 1 saturated carbocycles. The number of rotatable bonds is 2. The lowest BCUT2D eigenvalue weighted by Gasteiger charge is -2.23. The molecule has 0 radical (unpaired) electrons. The molecule has 5 nitrogen and oxygen atoms in total. The highest BCUT2D eigenvalue weighted by Crippen LogP contribution is 2.43. The third-order valence-electron chi connectivity index (χ3n) is 5.35. The molecule has 4 N–H and O–H groups in total. The number of nitrogen functional groups attached to an aromatic ring is 1. The Morgan fingerprint density at radius 2 is 1.88 bits per heavy atom. The summed E-state index contributed by atoms with van der Waals surface area (Å²) in [6.45, 7) is 4.07. The van der Waals surface area contributed by atoms with Crippen LogP contribution in [0.15, 0.2) is 24.4 Å². The quantitative estimate of drug-likeness (QED) is 0.835. The molecular weight excluding hydrogens is 357 g/mol. The summed E-state index contributed by atoms with van der Waals surface area (Å²) in [5, 5.41) is 0.914. The number of nitrogens with zero attached hydrogens (tertiary/aromatic N) is 3. The lowest BCUT2D eigenvalue weighted by Crippen LogP contribution is -2.35. The van der Waals surface area contributed by atoms with Gasteiger partial charge in [0.15, 0.2) is 5.82 Å². The van der Waals surface area contributed by atoms with Crippen LogP contribution in [-0.2, 0) is 0 Å². The number of fused-ring (bicyclic) bond motifs is 1. The summed E-state index contributed by atoms with van der Waals surface area (Å²) < 4.78 is 0. The fourth-order valence-corrected chi connectivity index (χ4v) is 4.70. The third-order valence-corrected chi connectivity index (χ3v) is 6.17. The van der Waals surface area contributed by atoms with Crippen LogP contribution in [0.5, 0.6) is 0 Å². The Labute approximate surface area is 157 Å². The van der Waals surface area contributed by atoms with Gasteiger partial charge in [0.25, 0.3) is 0 Å². The lowest BCUT2D eigenvalue weighted by molar-refractivity contribution is 0.449. The average Bonchev–Trinajstić information content (AvgIpc) is 3.04. The highest BCUT2D eigenvalue weighted by molar-refractivity contribution is 6.43. The average molecular weight is 378 g/mol. The molecule has 1 unspecified atom stereocenters. The minimum Gasteiger partial charge on any atom is -0.382 e. The molecule has 25 heavy (non-hydrogen) atoms. The van der Waals surface area contributed by atoms with Crippen LogP contribution >= 0.6 is 23.2 Å². The van der Waals surface area contributed by atoms with Crippen molar-refractivity contribution in [1.29, 1.82) is 0 Å². The summed E-state index contributed by atoms with van der Waals surface area (Å²) in [6.07, 6.45) is 3.90. The van der Waals surface area contributed by atoms with Gasteiger partial charge in [0.05, 0.1) is 16.2 Å². The Hall–Kier alpha value is -1.56. The van der Waals surface area contributed by atoms with Gasteiger partial charge in [0.1, 0.15) is 11.5 Å². The van der Waals surface area contributed by atoms with Gasteiger partial charge in [-0.15, -0.1) is 0 Å². The van der Waals surface area contributed by atoms with Crippen LogP contribution in [-0.4, -0.2) is 28.6 Å². The zero-order chi connectivity index (χ0) is 17.8. The first kappa shape index (κ1) is 16.9. The van der Waals surface area contributed by atoms with Crippen LogP contribution in [0.4, 0.5) is 11.6 Å². The van der Waals surface area contributed by atoms with E-state index in [0.717, 1.165) is 31.7 Å². The van der Waals surface area contributed by atoms with Crippen LogP contribution in [0.3, 0.4) is 0 Å². The Morgan fingerprint density at radius 3 is 2.52 bits per heavy atom. The van der Waals surface area contributed by atoms with Gasteiger partial charge in [-0.1, -0.05) is 35.3 Å². The molecule has 132 valence electrons. The Morgan fingerprint density at radius 1 is 1.20 bits per heavy atom. The van der Waals surface area contributed by atoms with Crippen LogP contribution in [0.1, 0.15) is 19.8 Å². The smallest absolute Gasteiger partial charge is 0.152 e. The first-order valence-corrected chi connectivity index (χ1v) is 9.20. The maximum atomic E-state index is 6.30. The summed E-state index contributed by atoms with van der Waals surface area (Å²) in [5.74, 6) is 2.43. The van der Waals surface area contributed by atoms with Gasteiger partial charge in [-0.2, -0.15) is 0 Å². The van der Waals surface area contributed by atoms with E-state index in [4.69, 9.17) is 34.7 Å². The standard InChI is InChI=1S/C18H21Cl2N5/c1-18(22)5-10-8-25(9-11(10)6-18)14-7-23-16(17(21)24-14)12-3-2-4-13(19)15(12)20/h2-4,7,10-11H,5-6,8-9,22H2,1H3,(H2,21,24)/t10-,11+,18?. The second kappa shape index (κ2) is 6.01. The maximum absolute atomic E-state index is 6.30. The summed E-state index contributed by atoms with van der Waals surface area (Å²) in [4.78, 5) is 11.4. The molecular formula is C18H21Cl2N5. The Balaban J connectivity index is 1.58. The predicted molar refractivity (Wildman–Crippen MR) is 103 cm³/mol. The third kappa shape index (κ3) is 3.05. The number of benzene rings is 1. The summed E-state index contributed by atoms with van der Waals surface area (Å²) in [6, 6.07) is 5.40. The highest BCUT2D eigenvalue weighted by Gasteiger charge is 2.45. The molecule has 1 aromatic carbocycles. The molecule has 7 heteroatoms. The van der Waals surface area contributed by atoms with E-state index in [1.54, 1.807) is 12.3 Å². The van der Waals surface area contributed by atoms with E-state index in [1.165, 1.54) is 0 Å². The molecule has 2 aromatic rings. The van der Waals surface area contributed by atoms with Crippen LogP contribution in [0.2, 0.25) is 10.0 Å². The van der Waals surface area contributed by atoms with E-state index in [9.17, 15) is 0 Å².